The number of benzene rings is 2. The third kappa shape index (κ3) is 4.31. The second-order valence-corrected chi connectivity index (χ2v) is 12.4. The number of anilines is 1. The van der Waals surface area contributed by atoms with Crippen molar-refractivity contribution in [2.24, 2.45) is 0 Å². The minimum atomic E-state index is -0.245. The van der Waals surface area contributed by atoms with Crippen LogP contribution in [0.25, 0.3) is 20.8 Å². The number of thiophene rings is 1. The SMILES string of the molecule is CC1(C)Cc2c(sc(NC(=O)c3cc(Cl)cc(Cl)c3)c2-c2nc3ccccc3s2)C(C)(C)N1. The summed E-state index contributed by atoms with van der Waals surface area (Å²) in [6.45, 7) is 8.80. The molecule has 33 heavy (non-hydrogen) atoms. The normalized spacial score (nSPS) is 16.5. The molecule has 0 fully saturated rings. The topological polar surface area (TPSA) is 54.0 Å². The van der Waals surface area contributed by atoms with E-state index in [1.165, 1.54) is 10.4 Å². The van der Waals surface area contributed by atoms with Crippen molar-refractivity contribution in [3.05, 3.63) is 68.5 Å². The molecule has 0 aliphatic carbocycles. The van der Waals surface area contributed by atoms with E-state index in [2.05, 4.69) is 44.4 Å². The molecule has 0 unspecified atom stereocenters. The number of halogens is 2. The Labute approximate surface area is 211 Å². The summed E-state index contributed by atoms with van der Waals surface area (Å²) in [6, 6.07) is 13.0. The summed E-state index contributed by atoms with van der Waals surface area (Å²) in [4.78, 5) is 19.4. The second kappa shape index (κ2) is 8.07. The van der Waals surface area contributed by atoms with Crippen LogP contribution in [0.1, 0.15) is 48.5 Å². The second-order valence-electron chi connectivity index (χ2n) is 9.52. The Bertz CT molecular complexity index is 1350. The van der Waals surface area contributed by atoms with Crippen LogP contribution < -0.4 is 10.6 Å². The molecule has 4 aromatic rings. The number of para-hydroxylation sites is 1. The lowest BCUT2D eigenvalue weighted by Gasteiger charge is -2.42. The monoisotopic (exact) mass is 515 g/mol. The number of aromatic nitrogens is 1. The minimum Gasteiger partial charge on any atom is -0.313 e. The Balaban J connectivity index is 1.67. The van der Waals surface area contributed by atoms with E-state index in [9.17, 15) is 4.79 Å². The molecule has 8 heteroatoms. The quantitative estimate of drug-likeness (QED) is 0.293. The molecule has 0 bridgehead atoms. The number of thiazole rings is 1. The van der Waals surface area contributed by atoms with Crippen LogP contribution in [0.5, 0.6) is 0 Å². The third-order valence-corrected chi connectivity index (χ3v) is 8.67. The summed E-state index contributed by atoms with van der Waals surface area (Å²) in [6.07, 6.45) is 0.840. The molecule has 5 rings (SSSR count). The van der Waals surface area contributed by atoms with E-state index in [-0.39, 0.29) is 17.0 Å². The standard InChI is InChI=1S/C25H23Cl2N3OS2/c1-24(2)12-16-19(22-28-17-7-5-6-8-18(17)32-22)23(33-20(16)25(3,4)30-24)29-21(31)13-9-14(26)11-15(27)10-13/h5-11,30H,12H2,1-4H3,(H,29,31). The highest BCUT2D eigenvalue weighted by Crippen LogP contribution is 2.50. The van der Waals surface area contributed by atoms with Gasteiger partial charge in [-0.05, 0) is 70.0 Å². The van der Waals surface area contributed by atoms with Crippen LogP contribution in [0.4, 0.5) is 5.00 Å². The molecule has 0 atom stereocenters. The zero-order valence-electron chi connectivity index (χ0n) is 18.7. The number of amides is 1. The Kier molecular flexibility index (Phi) is 5.58. The van der Waals surface area contributed by atoms with Gasteiger partial charge in [0.15, 0.2) is 0 Å². The number of nitrogens with zero attached hydrogens (tertiary/aromatic N) is 1. The molecule has 0 spiro atoms. The first-order chi connectivity index (χ1) is 15.5. The smallest absolute Gasteiger partial charge is 0.256 e. The highest BCUT2D eigenvalue weighted by Gasteiger charge is 2.41. The molecule has 1 aliphatic rings. The average molecular weight is 517 g/mol. The van der Waals surface area contributed by atoms with Gasteiger partial charge in [0, 0.05) is 37.1 Å². The number of nitrogens with one attached hydrogen (secondary N) is 2. The van der Waals surface area contributed by atoms with E-state index in [4.69, 9.17) is 28.2 Å². The maximum Gasteiger partial charge on any atom is 0.256 e. The number of hydrogen-bond acceptors (Lipinski definition) is 5. The fourth-order valence-corrected chi connectivity index (χ4v) is 7.59. The zero-order valence-corrected chi connectivity index (χ0v) is 21.8. The van der Waals surface area contributed by atoms with Gasteiger partial charge in [-0.1, -0.05) is 35.3 Å². The Hall–Kier alpha value is -1.96. The maximum absolute atomic E-state index is 13.2. The van der Waals surface area contributed by atoms with Crippen molar-refractivity contribution in [3.8, 4) is 10.6 Å². The van der Waals surface area contributed by atoms with Gasteiger partial charge in [-0.2, -0.15) is 0 Å². The maximum atomic E-state index is 13.2. The number of fused-ring (bicyclic) bond motifs is 2. The Morgan fingerprint density at radius 1 is 1.06 bits per heavy atom. The summed E-state index contributed by atoms with van der Waals surface area (Å²) in [5.41, 5.74) is 3.31. The molecule has 0 radical (unpaired) electrons. The van der Waals surface area contributed by atoms with E-state index in [1.54, 1.807) is 40.9 Å². The van der Waals surface area contributed by atoms with E-state index in [0.29, 0.717) is 15.6 Å². The van der Waals surface area contributed by atoms with Gasteiger partial charge in [-0.25, -0.2) is 4.98 Å². The highest BCUT2D eigenvalue weighted by molar-refractivity contribution is 7.23. The van der Waals surface area contributed by atoms with Gasteiger partial charge in [0.2, 0.25) is 0 Å². The van der Waals surface area contributed by atoms with Crippen LogP contribution in [-0.4, -0.2) is 16.4 Å². The number of rotatable bonds is 3. The first-order valence-electron chi connectivity index (χ1n) is 10.6. The van der Waals surface area contributed by atoms with Gasteiger partial charge in [0.25, 0.3) is 5.91 Å². The molecule has 2 aromatic carbocycles. The van der Waals surface area contributed by atoms with E-state index >= 15 is 0 Å². The van der Waals surface area contributed by atoms with Gasteiger partial charge in [0.05, 0.1) is 10.2 Å². The summed E-state index contributed by atoms with van der Waals surface area (Å²) >= 11 is 15.5. The third-order valence-electron chi connectivity index (χ3n) is 5.70. The predicted octanol–water partition coefficient (Wildman–Crippen LogP) is 7.74. The first kappa shape index (κ1) is 22.8. The summed E-state index contributed by atoms with van der Waals surface area (Å²) in [7, 11) is 0. The summed E-state index contributed by atoms with van der Waals surface area (Å²) in [5, 5.41) is 9.47. The highest BCUT2D eigenvalue weighted by atomic mass is 35.5. The van der Waals surface area contributed by atoms with Gasteiger partial charge in [-0.3, -0.25) is 4.79 Å². The van der Waals surface area contributed by atoms with Crippen LogP contribution in [0, 0.1) is 0 Å². The van der Waals surface area contributed by atoms with Crippen molar-refractivity contribution in [1.82, 2.24) is 10.3 Å². The van der Waals surface area contributed by atoms with Crippen LogP contribution in [0.3, 0.4) is 0 Å². The fraction of sp³-hybridized carbons (Fsp3) is 0.280. The molecule has 0 saturated carbocycles. The molecular weight excluding hydrogens is 493 g/mol. The van der Waals surface area contributed by atoms with E-state index in [1.807, 2.05) is 18.2 Å². The van der Waals surface area contributed by atoms with Crippen molar-refractivity contribution < 1.29 is 4.79 Å². The van der Waals surface area contributed by atoms with Crippen molar-refractivity contribution in [3.63, 3.8) is 0 Å². The average Bonchev–Trinajstić information content (AvgIpc) is 3.27. The Morgan fingerprint density at radius 2 is 1.76 bits per heavy atom. The van der Waals surface area contributed by atoms with Gasteiger partial charge in [0.1, 0.15) is 10.0 Å². The first-order valence-corrected chi connectivity index (χ1v) is 13.0. The Morgan fingerprint density at radius 3 is 2.45 bits per heavy atom. The van der Waals surface area contributed by atoms with Gasteiger partial charge < -0.3 is 10.6 Å². The fourth-order valence-electron chi connectivity index (χ4n) is 4.68. The van der Waals surface area contributed by atoms with Crippen molar-refractivity contribution >= 4 is 67.0 Å². The molecule has 2 N–H and O–H groups in total. The van der Waals surface area contributed by atoms with Crippen LogP contribution in [0.15, 0.2) is 42.5 Å². The lowest BCUT2D eigenvalue weighted by Crippen LogP contribution is -2.54. The van der Waals surface area contributed by atoms with Crippen molar-refractivity contribution in [2.75, 3.05) is 5.32 Å². The van der Waals surface area contributed by atoms with Gasteiger partial charge >= 0.3 is 0 Å². The van der Waals surface area contributed by atoms with E-state index in [0.717, 1.165) is 32.2 Å². The minimum absolute atomic E-state index is 0.0925. The molecule has 2 aromatic heterocycles. The summed E-state index contributed by atoms with van der Waals surface area (Å²) < 4.78 is 1.12. The molecule has 3 heterocycles. The largest absolute Gasteiger partial charge is 0.313 e. The number of carbonyl (C=O) groups excluding carboxylic acids is 1. The molecule has 1 amide bonds. The van der Waals surface area contributed by atoms with Crippen LogP contribution >= 0.6 is 45.9 Å². The lowest BCUT2D eigenvalue weighted by atomic mass is 9.81. The number of carbonyl (C=O) groups is 1. The molecular formula is C25H23Cl2N3OS2. The number of hydrogen-bond donors (Lipinski definition) is 2. The van der Waals surface area contributed by atoms with E-state index < -0.39 is 0 Å². The summed E-state index contributed by atoms with van der Waals surface area (Å²) in [5.74, 6) is -0.245. The van der Waals surface area contributed by atoms with Gasteiger partial charge in [-0.15, -0.1) is 22.7 Å². The van der Waals surface area contributed by atoms with Crippen molar-refractivity contribution in [2.45, 2.75) is 45.2 Å². The predicted molar refractivity (Wildman–Crippen MR) is 141 cm³/mol. The van der Waals surface area contributed by atoms with Crippen molar-refractivity contribution in [1.29, 1.82) is 0 Å². The molecule has 170 valence electrons. The molecule has 1 aliphatic heterocycles. The zero-order chi connectivity index (χ0) is 23.5. The molecule has 0 saturated heterocycles. The lowest BCUT2D eigenvalue weighted by molar-refractivity contribution is 0.102. The van der Waals surface area contributed by atoms with Crippen LogP contribution in [0.2, 0.25) is 10.0 Å². The molecule has 4 nitrogen and oxygen atoms in total. The van der Waals surface area contributed by atoms with Crippen LogP contribution in [-0.2, 0) is 12.0 Å².